The minimum atomic E-state index is 0.213. The zero-order chi connectivity index (χ0) is 12.0. The third-order valence-electron chi connectivity index (χ3n) is 2.23. The summed E-state index contributed by atoms with van der Waals surface area (Å²) >= 11 is 9.37. The zero-order valence-corrected chi connectivity index (χ0v) is 11.6. The summed E-state index contributed by atoms with van der Waals surface area (Å²) in [5.41, 5.74) is 0.895. The number of hydrogen-bond donors (Lipinski definition) is 1. The van der Waals surface area contributed by atoms with Crippen LogP contribution < -0.4 is 5.32 Å². The van der Waals surface area contributed by atoms with Crippen molar-refractivity contribution >= 4 is 33.3 Å². The van der Waals surface area contributed by atoms with Gasteiger partial charge in [-0.15, -0.1) is 0 Å². The lowest BCUT2D eigenvalue weighted by molar-refractivity contribution is -0.118. The SMILES string of the molecule is CCNCCC(=O)Cc1ccc(Br)cc1Cl. The molecule has 0 bridgehead atoms. The largest absolute Gasteiger partial charge is 0.317 e. The summed E-state index contributed by atoms with van der Waals surface area (Å²) in [6.45, 7) is 3.66. The van der Waals surface area contributed by atoms with Crippen molar-refractivity contribution in [2.45, 2.75) is 19.8 Å². The number of halogens is 2. The molecule has 0 aromatic heterocycles. The molecule has 0 atom stereocenters. The highest BCUT2D eigenvalue weighted by molar-refractivity contribution is 9.10. The molecule has 16 heavy (non-hydrogen) atoms. The highest BCUT2D eigenvalue weighted by atomic mass is 79.9. The Labute approximate surface area is 110 Å². The van der Waals surface area contributed by atoms with Crippen molar-refractivity contribution < 1.29 is 4.79 Å². The van der Waals surface area contributed by atoms with E-state index in [0.29, 0.717) is 17.9 Å². The molecular formula is C12H15BrClNO. The molecule has 0 spiro atoms. The number of ketones is 1. The minimum Gasteiger partial charge on any atom is -0.317 e. The molecule has 1 rings (SSSR count). The first-order valence-corrected chi connectivity index (χ1v) is 6.47. The van der Waals surface area contributed by atoms with E-state index < -0.39 is 0 Å². The molecule has 1 aromatic carbocycles. The average Bonchev–Trinajstić information content (AvgIpc) is 2.23. The van der Waals surface area contributed by atoms with Gasteiger partial charge in [-0.25, -0.2) is 0 Å². The quantitative estimate of drug-likeness (QED) is 0.818. The summed E-state index contributed by atoms with van der Waals surface area (Å²) < 4.78 is 0.932. The number of nitrogens with one attached hydrogen (secondary N) is 1. The lowest BCUT2D eigenvalue weighted by Gasteiger charge is -2.04. The summed E-state index contributed by atoms with van der Waals surface area (Å²) in [6.07, 6.45) is 0.970. The van der Waals surface area contributed by atoms with Crippen LogP contribution in [-0.4, -0.2) is 18.9 Å². The predicted molar refractivity (Wildman–Crippen MR) is 71.0 cm³/mol. The highest BCUT2D eigenvalue weighted by Crippen LogP contribution is 2.22. The third-order valence-corrected chi connectivity index (χ3v) is 3.08. The van der Waals surface area contributed by atoms with Crippen molar-refractivity contribution in [2.75, 3.05) is 13.1 Å². The maximum atomic E-state index is 11.6. The van der Waals surface area contributed by atoms with Crippen LogP contribution in [0.1, 0.15) is 18.9 Å². The molecule has 0 radical (unpaired) electrons. The van der Waals surface area contributed by atoms with Crippen LogP contribution in [0.5, 0.6) is 0 Å². The summed E-state index contributed by atoms with van der Waals surface area (Å²) in [5, 5.41) is 3.77. The molecule has 0 aliphatic carbocycles. The minimum absolute atomic E-state index is 0.213. The molecule has 1 N–H and O–H groups in total. The van der Waals surface area contributed by atoms with Crippen molar-refractivity contribution in [1.82, 2.24) is 5.32 Å². The Morgan fingerprint density at radius 1 is 1.50 bits per heavy atom. The molecule has 0 heterocycles. The van der Waals surface area contributed by atoms with E-state index in [2.05, 4.69) is 21.2 Å². The molecule has 2 nitrogen and oxygen atoms in total. The third kappa shape index (κ3) is 4.64. The number of Topliss-reactive ketones (excluding diaryl/α,β-unsaturated/α-hetero) is 1. The average molecular weight is 305 g/mol. The van der Waals surface area contributed by atoms with Crippen LogP contribution in [0.25, 0.3) is 0 Å². The Kier molecular flexibility index (Phi) is 6.03. The van der Waals surface area contributed by atoms with E-state index in [1.165, 1.54) is 0 Å². The van der Waals surface area contributed by atoms with Crippen LogP contribution in [0.3, 0.4) is 0 Å². The number of benzene rings is 1. The number of carbonyl (C=O) groups excluding carboxylic acids is 1. The van der Waals surface area contributed by atoms with Crippen molar-refractivity contribution in [3.8, 4) is 0 Å². The van der Waals surface area contributed by atoms with E-state index in [4.69, 9.17) is 11.6 Å². The molecule has 0 saturated heterocycles. The fourth-order valence-corrected chi connectivity index (χ4v) is 2.11. The van der Waals surface area contributed by atoms with Crippen LogP contribution in [0.15, 0.2) is 22.7 Å². The molecule has 0 fully saturated rings. The van der Waals surface area contributed by atoms with Crippen LogP contribution in [0.4, 0.5) is 0 Å². The highest BCUT2D eigenvalue weighted by Gasteiger charge is 2.07. The van der Waals surface area contributed by atoms with E-state index >= 15 is 0 Å². The Hall–Kier alpha value is -0.380. The molecular weight excluding hydrogens is 289 g/mol. The topological polar surface area (TPSA) is 29.1 Å². The molecule has 1 aromatic rings. The Balaban J connectivity index is 2.49. The standard InChI is InChI=1S/C12H15BrClNO/c1-2-15-6-5-11(16)7-9-3-4-10(13)8-12(9)14/h3-4,8,15H,2,5-7H2,1H3. The van der Waals surface area contributed by atoms with Gasteiger partial charge in [0.15, 0.2) is 0 Å². The normalized spacial score (nSPS) is 10.4. The molecule has 0 aliphatic heterocycles. The van der Waals surface area contributed by atoms with Gasteiger partial charge in [-0.3, -0.25) is 4.79 Å². The summed E-state index contributed by atoms with van der Waals surface area (Å²) in [7, 11) is 0. The first-order valence-electron chi connectivity index (χ1n) is 5.29. The van der Waals surface area contributed by atoms with Gasteiger partial charge in [0.25, 0.3) is 0 Å². The van der Waals surface area contributed by atoms with Crippen molar-refractivity contribution in [3.63, 3.8) is 0 Å². The number of hydrogen-bond acceptors (Lipinski definition) is 2. The van der Waals surface area contributed by atoms with Crippen LogP contribution in [0.2, 0.25) is 5.02 Å². The van der Waals surface area contributed by atoms with Gasteiger partial charge in [-0.05, 0) is 24.2 Å². The van der Waals surface area contributed by atoms with Crippen molar-refractivity contribution in [2.24, 2.45) is 0 Å². The second-order valence-electron chi connectivity index (χ2n) is 3.55. The Morgan fingerprint density at radius 3 is 2.88 bits per heavy atom. The zero-order valence-electron chi connectivity index (χ0n) is 9.22. The van der Waals surface area contributed by atoms with Crippen LogP contribution >= 0.6 is 27.5 Å². The smallest absolute Gasteiger partial charge is 0.138 e. The Bertz CT molecular complexity index is 368. The predicted octanol–water partition coefficient (Wildman–Crippen LogP) is 3.21. The van der Waals surface area contributed by atoms with Gasteiger partial charge in [-0.2, -0.15) is 0 Å². The monoisotopic (exact) mass is 303 g/mol. The van der Waals surface area contributed by atoms with E-state index in [-0.39, 0.29) is 5.78 Å². The maximum Gasteiger partial charge on any atom is 0.138 e. The van der Waals surface area contributed by atoms with Gasteiger partial charge < -0.3 is 5.32 Å². The molecule has 0 unspecified atom stereocenters. The van der Waals surface area contributed by atoms with Crippen molar-refractivity contribution in [3.05, 3.63) is 33.3 Å². The lowest BCUT2D eigenvalue weighted by atomic mass is 10.1. The lowest BCUT2D eigenvalue weighted by Crippen LogP contribution is -2.18. The van der Waals surface area contributed by atoms with E-state index in [1.807, 2.05) is 25.1 Å². The first kappa shape index (κ1) is 13.7. The Morgan fingerprint density at radius 2 is 2.25 bits per heavy atom. The van der Waals surface area contributed by atoms with Crippen LogP contribution in [-0.2, 0) is 11.2 Å². The van der Waals surface area contributed by atoms with Gasteiger partial charge in [0.1, 0.15) is 5.78 Å². The first-order chi connectivity index (χ1) is 7.63. The van der Waals surface area contributed by atoms with Gasteiger partial charge in [-0.1, -0.05) is 40.5 Å². The van der Waals surface area contributed by atoms with Crippen molar-refractivity contribution in [1.29, 1.82) is 0 Å². The second-order valence-corrected chi connectivity index (χ2v) is 4.88. The second kappa shape index (κ2) is 7.05. The molecule has 0 aliphatic rings. The fourth-order valence-electron chi connectivity index (χ4n) is 1.37. The van der Waals surface area contributed by atoms with Gasteiger partial charge in [0.05, 0.1) is 0 Å². The maximum absolute atomic E-state index is 11.6. The summed E-state index contributed by atoms with van der Waals surface area (Å²) in [4.78, 5) is 11.6. The van der Waals surface area contributed by atoms with Gasteiger partial charge >= 0.3 is 0 Å². The van der Waals surface area contributed by atoms with E-state index in [9.17, 15) is 4.79 Å². The summed E-state index contributed by atoms with van der Waals surface area (Å²) in [6, 6.07) is 5.60. The fraction of sp³-hybridized carbons (Fsp3) is 0.417. The molecule has 0 amide bonds. The number of carbonyl (C=O) groups is 1. The number of rotatable bonds is 6. The van der Waals surface area contributed by atoms with Gasteiger partial charge in [0, 0.05) is 28.9 Å². The molecule has 88 valence electrons. The van der Waals surface area contributed by atoms with E-state index in [1.54, 1.807) is 0 Å². The van der Waals surface area contributed by atoms with Crippen LogP contribution in [0, 0.1) is 0 Å². The van der Waals surface area contributed by atoms with E-state index in [0.717, 1.165) is 23.1 Å². The summed E-state index contributed by atoms with van der Waals surface area (Å²) in [5.74, 6) is 0.213. The molecule has 4 heteroatoms. The van der Waals surface area contributed by atoms with Gasteiger partial charge in [0.2, 0.25) is 0 Å². The molecule has 0 saturated carbocycles.